The topological polar surface area (TPSA) is 43.2 Å². The zero-order valence-electron chi connectivity index (χ0n) is 16.7. The molecule has 0 radical (unpaired) electrons. The van der Waals surface area contributed by atoms with Gasteiger partial charge in [-0.2, -0.15) is 0 Å². The number of nitrogens with zero attached hydrogens (tertiary/aromatic N) is 2. The highest BCUT2D eigenvalue weighted by molar-refractivity contribution is 8.02. The molecule has 0 saturated carbocycles. The summed E-state index contributed by atoms with van der Waals surface area (Å²) in [6.07, 6.45) is 8.04. The second kappa shape index (κ2) is 10.5. The molecule has 1 heterocycles. The first-order chi connectivity index (χ1) is 14.2. The number of aliphatic imine (C=N–C) groups is 2. The maximum absolute atomic E-state index is 5.21. The van der Waals surface area contributed by atoms with Crippen LogP contribution in [0.5, 0.6) is 11.5 Å². The third-order valence-electron chi connectivity index (χ3n) is 4.12. The van der Waals surface area contributed by atoms with Crippen LogP contribution in [-0.4, -0.2) is 39.2 Å². The molecule has 0 atom stereocenters. The Labute approximate surface area is 184 Å². The van der Waals surface area contributed by atoms with Crippen LogP contribution in [0.25, 0.3) is 0 Å². The first-order valence-electron chi connectivity index (χ1n) is 8.79. The van der Waals surface area contributed by atoms with Crippen LogP contribution in [0.4, 0.5) is 11.4 Å². The highest BCUT2D eigenvalue weighted by atomic mass is 32.2. The van der Waals surface area contributed by atoms with Gasteiger partial charge in [-0.05, 0) is 61.0 Å². The fourth-order valence-electron chi connectivity index (χ4n) is 2.58. The van der Waals surface area contributed by atoms with E-state index in [0.717, 1.165) is 34.0 Å². The monoisotopic (exact) mass is 442 g/mol. The fourth-order valence-corrected chi connectivity index (χ4v) is 5.38. The molecule has 0 bridgehead atoms. The van der Waals surface area contributed by atoms with Crippen LogP contribution in [0.1, 0.15) is 11.1 Å². The first-order valence-corrected chi connectivity index (χ1v) is 12.1. The predicted molar refractivity (Wildman–Crippen MR) is 128 cm³/mol. The molecule has 0 aliphatic heterocycles. The van der Waals surface area contributed by atoms with Crippen LogP contribution in [0.2, 0.25) is 0 Å². The molecule has 0 amide bonds. The van der Waals surface area contributed by atoms with E-state index in [4.69, 9.17) is 9.47 Å². The highest BCUT2D eigenvalue weighted by Gasteiger charge is 2.15. The molecule has 0 spiro atoms. The SMILES string of the molecule is COc1ccc(N=Cc2c(SC)sc(SC)c2C=Nc2ccc(OC)cc2)cc1. The van der Waals surface area contributed by atoms with E-state index in [-0.39, 0.29) is 0 Å². The van der Waals surface area contributed by atoms with Gasteiger partial charge in [0.25, 0.3) is 0 Å². The summed E-state index contributed by atoms with van der Waals surface area (Å²) < 4.78 is 12.9. The van der Waals surface area contributed by atoms with Gasteiger partial charge in [-0.15, -0.1) is 34.9 Å². The van der Waals surface area contributed by atoms with E-state index < -0.39 is 0 Å². The number of thiophene rings is 1. The number of benzene rings is 2. The smallest absolute Gasteiger partial charge is 0.119 e. The van der Waals surface area contributed by atoms with E-state index in [9.17, 15) is 0 Å². The lowest BCUT2D eigenvalue weighted by Gasteiger charge is -2.01. The highest BCUT2D eigenvalue weighted by Crippen LogP contribution is 2.39. The summed E-state index contributed by atoms with van der Waals surface area (Å²) in [5.74, 6) is 1.64. The van der Waals surface area contributed by atoms with Gasteiger partial charge in [0.05, 0.1) is 34.0 Å². The first kappa shape index (κ1) is 21.5. The Bertz CT molecular complexity index is 914. The van der Waals surface area contributed by atoms with Gasteiger partial charge >= 0.3 is 0 Å². The standard InChI is InChI=1S/C22H22N2O2S3/c1-25-17-9-5-15(6-10-17)23-13-19-20(22(28-4)29-21(19)27-3)14-24-16-7-11-18(26-2)12-8-16/h5-14H,1-4H3. The molecular formula is C22H22N2O2S3. The zero-order chi connectivity index (χ0) is 20.6. The van der Waals surface area contributed by atoms with Crippen molar-refractivity contribution in [2.24, 2.45) is 9.98 Å². The summed E-state index contributed by atoms with van der Waals surface area (Å²) in [5, 5.41) is 0. The average molecular weight is 443 g/mol. The molecular weight excluding hydrogens is 420 g/mol. The molecule has 7 heteroatoms. The average Bonchev–Trinajstić information content (AvgIpc) is 3.13. The largest absolute Gasteiger partial charge is 0.497 e. The Kier molecular flexibility index (Phi) is 7.80. The molecule has 3 rings (SSSR count). The summed E-state index contributed by atoms with van der Waals surface area (Å²) in [4.78, 5) is 9.34. The van der Waals surface area contributed by atoms with Gasteiger partial charge in [0, 0.05) is 23.6 Å². The Balaban J connectivity index is 1.93. The van der Waals surface area contributed by atoms with E-state index in [1.807, 2.05) is 61.0 Å². The van der Waals surface area contributed by atoms with Crippen molar-refractivity contribution in [3.05, 3.63) is 59.7 Å². The van der Waals surface area contributed by atoms with E-state index in [2.05, 4.69) is 22.5 Å². The summed E-state index contributed by atoms with van der Waals surface area (Å²) in [6.45, 7) is 0. The minimum Gasteiger partial charge on any atom is -0.497 e. The number of rotatable bonds is 8. The Morgan fingerprint density at radius 1 is 0.690 bits per heavy atom. The second-order valence-corrected chi connectivity index (χ2v) is 9.00. The van der Waals surface area contributed by atoms with E-state index in [1.165, 1.54) is 8.42 Å². The molecule has 0 aliphatic carbocycles. The fraction of sp³-hybridized carbons (Fsp3) is 0.182. The minimum absolute atomic E-state index is 0.821. The number of ether oxygens (including phenoxy) is 2. The Hall–Kier alpha value is -2.22. The van der Waals surface area contributed by atoms with Crippen LogP contribution in [0.15, 0.2) is 66.9 Å². The van der Waals surface area contributed by atoms with Crippen LogP contribution < -0.4 is 9.47 Å². The van der Waals surface area contributed by atoms with Crippen LogP contribution >= 0.6 is 34.9 Å². The zero-order valence-corrected chi connectivity index (χ0v) is 19.2. The van der Waals surface area contributed by atoms with Crippen molar-refractivity contribution < 1.29 is 9.47 Å². The summed E-state index contributed by atoms with van der Waals surface area (Å²) in [7, 11) is 3.32. The molecule has 29 heavy (non-hydrogen) atoms. The summed E-state index contributed by atoms with van der Waals surface area (Å²) >= 11 is 5.23. The van der Waals surface area contributed by atoms with Crippen molar-refractivity contribution in [1.29, 1.82) is 0 Å². The van der Waals surface area contributed by atoms with Crippen LogP contribution in [-0.2, 0) is 0 Å². The maximum Gasteiger partial charge on any atom is 0.119 e. The molecule has 3 aromatic rings. The molecule has 4 nitrogen and oxygen atoms in total. The lowest BCUT2D eigenvalue weighted by Crippen LogP contribution is -1.90. The normalized spacial score (nSPS) is 11.4. The third kappa shape index (κ3) is 5.44. The number of hydrogen-bond donors (Lipinski definition) is 0. The Morgan fingerprint density at radius 3 is 1.38 bits per heavy atom. The van der Waals surface area contributed by atoms with Gasteiger partial charge < -0.3 is 9.47 Å². The van der Waals surface area contributed by atoms with Crippen molar-refractivity contribution in [2.75, 3.05) is 26.7 Å². The van der Waals surface area contributed by atoms with Crippen molar-refractivity contribution >= 4 is 58.7 Å². The summed E-state index contributed by atoms with van der Waals surface area (Å²) in [5.41, 5.74) is 3.96. The molecule has 0 aliphatic rings. The molecule has 0 fully saturated rings. The molecule has 0 N–H and O–H groups in total. The van der Waals surface area contributed by atoms with E-state index in [0.29, 0.717) is 0 Å². The molecule has 2 aromatic carbocycles. The van der Waals surface area contributed by atoms with Gasteiger partial charge in [0.1, 0.15) is 11.5 Å². The second-order valence-electron chi connectivity index (χ2n) is 5.83. The lowest BCUT2D eigenvalue weighted by atomic mass is 10.2. The van der Waals surface area contributed by atoms with Gasteiger partial charge in [0.15, 0.2) is 0 Å². The van der Waals surface area contributed by atoms with Crippen molar-refractivity contribution in [3.8, 4) is 11.5 Å². The number of methoxy groups -OCH3 is 2. The van der Waals surface area contributed by atoms with Gasteiger partial charge in [-0.1, -0.05) is 0 Å². The third-order valence-corrected chi connectivity index (χ3v) is 7.61. The van der Waals surface area contributed by atoms with Crippen LogP contribution in [0, 0.1) is 0 Å². The van der Waals surface area contributed by atoms with Gasteiger partial charge in [-0.3, -0.25) is 9.98 Å². The Morgan fingerprint density at radius 2 is 1.07 bits per heavy atom. The van der Waals surface area contributed by atoms with Gasteiger partial charge in [0.2, 0.25) is 0 Å². The van der Waals surface area contributed by atoms with Crippen molar-refractivity contribution in [3.63, 3.8) is 0 Å². The quantitative estimate of drug-likeness (QED) is 0.287. The molecule has 0 unspecified atom stereocenters. The number of thioether (sulfide) groups is 2. The summed E-state index contributed by atoms with van der Waals surface area (Å²) in [6, 6.07) is 15.4. The minimum atomic E-state index is 0.821. The van der Waals surface area contributed by atoms with Crippen molar-refractivity contribution in [1.82, 2.24) is 0 Å². The predicted octanol–water partition coefficient (Wildman–Crippen LogP) is 6.71. The maximum atomic E-state index is 5.21. The van der Waals surface area contributed by atoms with Gasteiger partial charge in [-0.25, -0.2) is 0 Å². The van der Waals surface area contributed by atoms with Crippen LogP contribution in [0.3, 0.4) is 0 Å². The van der Waals surface area contributed by atoms with E-state index >= 15 is 0 Å². The molecule has 0 saturated heterocycles. The number of hydrogen-bond acceptors (Lipinski definition) is 7. The molecule has 1 aromatic heterocycles. The van der Waals surface area contributed by atoms with E-state index in [1.54, 1.807) is 49.1 Å². The van der Waals surface area contributed by atoms with Crippen molar-refractivity contribution in [2.45, 2.75) is 8.42 Å². The molecule has 150 valence electrons. The lowest BCUT2D eigenvalue weighted by molar-refractivity contribution is 0.415.